The van der Waals surface area contributed by atoms with Crippen molar-refractivity contribution in [3.8, 4) is 5.75 Å². The van der Waals surface area contributed by atoms with Gasteiger partial charge < -0.3 is 15.0 Å². The van der Waals surface area contributed by atoms with E-state index in [0.717, 1.165) is 46.0 Å². The van der Waals surface area contributed by atoms with Crippen LogP contribution in [0.1, 0.15) is 52.8 Å². The summed E-state index contributed by atoms with van der Waals surface area (Å²) < 4.78 is 5.41. The Balaban J connectivity index is 1.76. The van der Waals surface area contributed by atoms with E-state index in [9.17, 15) is 4.79 Å². The van der Waals surface area contributed by atoms with E-state index in [1.807, 2.05) is 39.0 Å². The second-order valence-corrected chi connectivity index (χ2v) is 9.03. The fraction of sp³-hybridized carbons (Fsp3) is 0.435. The number of nitrogens with zero attached hydrogens (tertiary/aromatic N) is 3. The van der Waals surface area contributed by atoms with Gasteiger partial charge in [-0.25, -0.2) is 9.97 Å². The number of hydrogen-bond donors (Lipinski definition) is 1. The van der Waals surface area contributed by atoms with Crippen LogP contribution in [0.4, 0.5) is 11.5 Å². The molecule has 1 aromatic carbocycles. The van der Waals surface area contributed by atoms with Gasteiger partial charge in [0.25, 0.3) is 5.91 Å². The summed E-state index contributed by atoms with van der Waals surface area (Å²) in [6.07, 6.45) is 3.58. The van der Waals surface area contributed by atoms with Gasteiger partial charge in [0.1, 0.15) is 22.2 Å². The van der Waals surface area contributed by atoms with E-state index in [0.29, 0.717) is 22.4 Å². The monoisotopic (exact) mass is 424 g/mol. The Labute approximate surface area is 181 Å². The number of carbonyl (C=O) groups is 1. The SMILES string of the molecule is COc1ccc(C)cc1NC(=O)c1sc2nc(C)nc(N3CCCC[C@@H]3C)c2c1C. The Kier molecular flexibility index (Phi) is 5.64. The van der Waals surface area contributed by atoms with Gasteiger partial charge in [-0.2, -0.15) is 0 Å². The molecule has 1 saturated heterocycles. The molecule has 0 unspecified atom stereocenters. The molecule has 0 bridgehead atoms. The van der Waals surface area contributed by atoms with Crippen LogP contribution in [0, 0.1) is 20.8 Å². The number of ether oxygens (including phenoxy) is 1. The van der Waals surface area contributed by atoms with Gasteiger partial charge in [-0.3, -0.25) is 4.79 Å². The molecule has 4 rings (SSSR count). The van der Waals surface area contributed by atoms with Crippen LogP contribution in [0.3, 0.4) is 0 Å². The van der Waals surface area contributed by atoms with Gasteiger partial charge in [0.15, 0.2) is 0 Å². The lowest BCUT2D eigenvalue weighted by molar-refractivity contribution is 0.102. The number of benzene rings is 1. The Bertz CT molecular complexity index is 1110. The van der Waals surface area contributed by atoms with E-state index in [2.05, 4.69) is 22.1 Å². The van der Waals surface area contributed by atoms with Crippen molar-refractivity contribution in [1.29, 1.82) is 0 Å². The maximum Gasteiger partial charge on any atom is 0.266 e. The quantitative estimate of drug-likeness (QED) is 0.619. The minimum atomic E-state index is -0.144. The lowest BCUT2D eigenvalue weighted by Crippen LogP contribution is -2.38. The van der Waals surface area contributed by atoms with Gasteiger partial charge in [-0.05, 0) is 70.2 Å². The highest BCUT2D eigenvalue weighted by molar-refractivity contribution is 7.20. The molecule has 1 aliphatic rings. The number of fused-ring (bicyclic) bond motifs is 1. The van der Waals surface area contributed by atoms with Crippen LogP contribution in [0.25, 0.3) is 10.2 Å². The Morgan fingerprint density at radius 1 is 1.23 bits per heavy atom. The van der Waals surface area contributed by atoms with Gasteiger partial charge in [-0.15, -0.1) is 11.3 Å². The predicted octanol–water partition coefficient (Wildman–Crippen LogP) is 5.26. The van der Waals surface area contributed by atoms with Crippen LogP contribution in [0.5, 0.6) is 5.75 Å². The van der Waals surface area contributed by atoms with Gasteiger partial charge >= 0.3 is 0 Å². The molecule has 1 aliphatic heterocycles. The summed E-state index contributed by atoms with van der Waals surface area (Å²) in [5.41, 5.74) is 2.67. The smallest absolute Gasteiger partial charge is 0.266 e. The molecule has 1 N–H and O–H groups in total. The van der Waals surface area contributed by atoms with Crippen molar-refractivity contribution in [1.82, 2.24) is 9.97 Å². The molecule has 3 aromatic rings. The first-order valence-corrected chi connectivity index (χ1v) is 11.2. The molecule has 1 fully saturated rings. The minimum Gasteiger partial charge on any atom is -0.495 e. The summed E-state index contributed by atoms with van der Waals surface area (Å²) in [5, 5.41) is 4.03. The molecule has 30 heavy (non-hydrogen) atoms. The third-order valence-corrected chi connectivity index (χ3v) is 6.95. The Morgan fingerprint density at radius 3 is 2.77 bits per heavy atom. The number of thiophene rings is 1. The van der Waals surface area contributed by atoms with Crippen molar-refractivity contribution in [3.63, 3.8) is 0 Å². The molecule has 3 heterocycles. The predicted molar refractivity (Wildman–Crippen MR) is 123 cm³/mol. The van der Waals surface area contributed by atoms with Crippen LogP contribution >= 0.6 is 11.3 Å². The average Bonchev–Trinajstić information content (AvgIpc) is 3.04. The van der Waals surface area contributed by atoms with Gasteiger partial charge in [0, 0.05) is 12.6 Å². The van der Waals surface area contributed by atoms with Gasteiger partial charge in [0.05, 0.1) is 23.1 Å². The number of nitrogens with one attached hydrogen (secondary N) is 1. The molecule has 0 radical (unpaired) electrons. The maximum absolute atomic E-state index is 13.2. The molecule has 1 amide bonds. The van der Waals surface area contributed by atoms with Crippen molar-refractivity contribution in [2.45, 2.75) is 53.0 Å². The molecular formula is C23H28N4O2S. The van der Waals surface area contributed by atoms with Gasteiger partial charge in [0.2, 0.25) is 0 Å². The normalized spacial score (nSPS) is 16.7. The number of aryl methyl sites for hydroxylation is 3. The van der Waals surface area contributed by atoms with E-state index in [4.69, 9.17) is 9.72 Å². The molecule has 6 nitrogen and oxygen atoms in total. The summed E-state index contributed by atoms with van der Waals surface area (Å²) >= 11 is 1.43. The lowest BCUT2D eigenvalue weighted by Gasteiger charge is -2.35. The highest BCUT2D eigenvalue weighted by atomic mass is 32.1. The van der Waals surface area contributed by atoms with Crippen molar-refractivity contribution in [2.75, 3.05) is 23.9 Å². The number of piperidine rings is 1. The number of methoxy groups -OCH3 is 1. The van der Waals surface area contributed by atoms with Crippen molar-refractivity contribution < 1.29 is 9.53 Å². The zero-order valence-electron chi connectivity index (χ0n) is 18.2. The number of aromatic nitrogens is 2. The molecular weight excluding hydrogens is 396 g/mol. The van der Waals surface area contributed by atoms with E-state index in [-0.39, 0.29) is 5.91 Å². The van der Waals surface area contributed by atoms with Crippen LogP contribution in [0.2, 0.25) is 0 Å². The number of rotatable bonds is 4. The Hall–Kier alpha value is -2.67. The molecule has 7 heteroatoms. The van der Waals surface area contributed by atoms with E-state index in [1.54, 1.807) is 7.11 Å². The van der Waals surface area contributed by atoms with E-state index in [1.165, 1.54) is 24.2 Å². The minimum absolute atomic E-state index is 0.144. The maximum atomic E-state index is 13.2. The first kappa shape index (κ1) is 20.6. The van der Waals surface area contributed by atoms with Crippen LogP contribution in [-0.4, -0.2) is 35.6 Å². The number of amides is 1. The zero-order chi connectivity index (χ0) is 21.4. The van der Waals surface area contributed by atoms with Crippen LogP contribution in [-0.2, 0) is 0 Å². The summed E-state index contributed by atoms with van der Waals surface area (Å²) in [5.74, 6) is 2.20. The van der Waals surface area contributed by atoms with Crippen LogP contribution in [0.15, 0.2) is 18.2 Å². The first-order chi connectivity index (χ1) is 14.4. The first-order valence-electron chi connectivity index (χ1n) is 10.4. The number of carbonyl (C=O) groups excluding carboxylic acids is 1. The van der Waals surface area contributed by atoms with E-state index >= 15 is 0 Å². The van der Waals surface area contributed by atoms with Crippen LogP contribution < -0.4 is 15.0 Å². The summed E-state index contributed by atoms with van der Waals surface area (Å²) in [6, 6.07) is 6.19. The molecule has 158 valence electrons. The summed E-state index contributed by atoms with van der Waals surface area (Å²) in [4.78, 5) is 26.6. The average molecular weight is 425 g/mol. The standard InChI is InChI=1S/C23H28N4O2S/c1-13-9-10-18(29-5)17(12-13)26-22(28)20-15(3)19-21(24-16(4)25-23(19)30-20)27-11-7-6-8-14(27)2/h9-10,12,14H,6-8,11H2,1-5H3,(H,26,28)/t14-/m0/s1. The number of anilines is 2. The highest BCUT2D eigenvalue weighted by Crippen LogP contribution is 2.38. The Morgan fingerprint density at radius 2 is 2.03 bits per heavy atom. The van der Waals surface area contributed by atoms with Crippen molar-refractivity contribution >= 4 is 39.0 Å². The van der Waals surface area contributed by atoms with Crippen molar-refractivity contribution in [2.24, 2.45) is 0 Å². The fourth-order valence-electron chi connectivity index (χ4n) is 4.16. The molecule has 1 atom stereocenters. The summed E-state index contributed by atoms with van der Waals surface area (Å²) in [6.45, 7) is 9.15. The zero-order valence-corrected chi connectivity index (χ0v) is 19.0. The second-order valence-electron chi connectivity index (χ2n) is 8.03. The molecule has 0 saturated carbocycles. The molecule has 2 aromatic heterocycles. The number of hydrogen-bond acceptors (Lipinski definition) is 6. The third kappa shape index (κ3) is 3.74. The van der Waals surface area contributed by atoms with Crippen molar-refractivity contribution in [3.05, 3.63) is 40.0 Å². The molecule has 0 spiro atoms. The summed E-state index contributed by atoms with van der Waals surface area (Å²) in [7, 11) is 1.61. The second kappa shape index (κ2) is 8.22. The van der Waals surface area contributed by atoms with Gasteiger partial charge in [-0.1, -0.05) is 6.07 Å². The van der Waals surface area contributed by atoms with E-state index < -0.39 is 0 Å². The molecule has 0 aliphatic carbocycles. The topological polar surface area (TPSA) is 67.3 Å². The largest absolute Gasteiger partial charge is 0.495 e. The lowest BCUT2D eigenvalue weighted by atomic mass is 10.0. The highest BCUT2D eigenvalue weighted by Gasteiger charge is 2.26. The third-order valence-electron chi connectivity index (χ3n) is 5.77. The fourth-order valence-corrected chi connectivity index (χ4v) is 5.27.